The van der Waals surface area contributed by atoms with Crippen molar-refractivity contribution in [3.63, 3.8) is 0 Å². The zero-order valence-corrected chi connectivity index (χ0v) is 16.6. The van der Waals surface area contributed by atoms with Crippen molar-refractivity contribution in [2.75, 3.05) is 6.61 Å². The van der Waals surface area contributed by atoms with Crippen molar-refractivity contribution in [3.05, 3.63) is 63.7 Å². The average Bonchev–Trinajstić information content (AvgIpc) is 3.16. The molecule has 0 radical (unpaired) electrons. The van der Waals surface area contributed by atoms with Crippen molar-refractivity contribution in [2.24, 2.45) is 0 Å². The van der Waals surface area contributed by atoms with Crippen LogP contribution in [0.4, 0.5) is 0 Å². The summed E-state index contributed by atoms with van der Waals surface area (Å²) in [7, 11) is 0. The molecule has 0 saturated carbocycles. The first-order valence-electron chi connectivity index (χ1n) is 8.35. The first-order valence-corrected chi connectivity index (χ1v) is 9.96. The predicted octanol–water partition coefficient (Wildman–Crippen LogP) is 5.17. The molecule has 4 aromatic rings. The van der Waals surface area contributed by atoms with Crippen LogP contribution in [0.1, 0.15) is 17.5 Å². The summed E-state index contributed by atoms with van der Waals surface area (Å²) in [6.07, 6.45) is 2.84. The van der Waals surface area contributed by atoms with Gasteiger partial charge in [0.2, 0.25) is 0 Å². The second-order valence-corrected chi connectivity index (χ2v) is 8.14. The van der Waals surface area contributed by atoms with E-state index in [0.717, 1.165) is 27.1 Å². The van der Waals surface area contributed by atoms with E-state index >= 15 is 0 Å². The van der Waals surface area contributed by atoms with Crippen molar-refractivity contribution in [1.82, 2.24) is 9.55 Å². The molecule has 2 aromatic heterocycles. The Labute approximate surface area is 163 Å². The van der Waals surface area contributed by atoms with E-state index in [2.05, 4.69) is 44.9 Å². The minimum Gasteiger partial charge on any atom is -0.466 e. The maximum Gasteiger partial charge on any atom is 0.302 e. The van der Waals surface area contributed by atoms with Gasteiger partial charge >= 0.3 is 5.97 Å². The number of halogens is 1. The third kappa shape index (κ3) is 3.52. The van der Waals surface area contributed by atoms with Crippen LogP contribution in [0.2, 0.25) is 0 Å². The van der Waals surface area contributed by atoms with E-state index < -0.39 is 0 Å². The topological polar surface area (TPSA) is 44.1 Å². The summed E-state index contributed by atoms with van der Waals surface area (Å²) < 4.78 is 9.59. The van der Waals surface area contributed by atoms with Crippen LogP contribution in [-0.4, -0.2) is 22.1 Å². The predicted molar refractivity (Wildman–Crippen MR) is 109 cm³/mol. The lowest BCUT2D eigenvalue weighted by Gasteiger charge is -2.02. The fourth-order valence-electron chi connectivity index (χ4n) is 3.11. The van der Waals surface area contributed by atoms with Gasteiger partial charge in [0.05, 0.1) is 23.4 Å². The number of carbonyl (C=O) groups excluding carboxylic acids is 1. The summed E-state index contributed by atoms with van der Waals surface area (Å²) in [5.74, 6) is -0.244. The number of carbonyl (C=O) groups is 1. The smallest absolute Gasteiger partial charge is 0.302 e. The van der Waals surface area contributed by atoms with Crippen LogP contribution >= 0.6 is 27.3 Å². The number of hydrogen-bond donors (Lipinski definition) is 0. The van der Waals surface area contributed by atoms with Gasteiger partial charge < -0.3 is 9.30 Å². The minimum absolute atomic E-state index is 0.244. The molecule has 2 heterocycles. The Morgan fingerprint density at radius 2 is 2.12 bits per heavy atom. The highest BCUT2D eigenvalue weighted by Crippen LogP contribution is 2.28. The molecule has 0 fully saturated rings. The molecule has 0 N–H and O–H groups in total. The molecule has 6 heteroatoms. The number of thiazole rings is 1. The zero-order chi connectivity index (χ0) is 18.1. The first kappa shape index (κ1) is 17.2. The van der Waals surface area contributed by atoms with Gasteiger partial charge in [-0.1, -0.05) is 34.1 Å². The van der Waals surface area contributed by atoms with Gasteiger partial charge in [0.1, 0.15) is 5.01 Å². The minimum atomic E-state index is -0.244. The van der Waals surface area contributed by atoms with Gasteiger partial charge in [0.25, 0.3) is 0 Å². The van der Waals surface area contributed by atoms with Crippen LogP contribution < -0.4 is 0 Å². The highest BCUT2D eigenvalue weighted by molar-refractivity contribution is 9.10. The lowest BCUT2D eigenvalue weighted by atomic mass is 10.1. The number of fused-ring (bicyclic) bond motifs is 2. The van der Waals surface area contributed by atoms with Gasteiger partial charge in [0.15, 0.2) is 0 Å². The van der Waals surface area contributed by atoms with E-state index in [-0.39, 0.29) is 5.97 Å². The van der Waals surface area contributed by atoms with Crippen LogP contribution in [-0.2, 0) is 22.5 Å². The van der Waals surface area contributed by atoms with E-state index in [0.29, 0.717) is 13.0 Å². The molecule has 0 atom stereocenters. The summed E-state index contributed by atoms with van der Waals surface area (Å²) in [6.45, 7) is 2.55. The summed E-state index contributed by atoms with van der Waals surface area (Å²) in [5.41, 5.74) is 3.37. The van der Waals surface area contributed by atoms with E-state index in [9.17, 15) is 4.79 Å². The second kappa shape index (κ2) is 7.21. The van der Waals surface area contributed by atoms with Gasteiger partial charge in [-0.25, -0.2) is 4.98 Å². The molecule has 0 bridgehead atoms. The molecule has 4 nitrogen and oxygen atoms in total. The Hall–Kier alpha value is -2.18. The van der Waals surface area contributed by atoms with E-state index in [4.69, 9.17) is 9.72 Å². The number of nitrogens with zero attached hydrogens (tertiary/aromatic N) is 2. The highest BCUT2D eigenvalue weighted by atomic mass is 79.9. The third-order valence-corrected chi connectivity index (χ3v) is 5.76. The number of para-hydroxylation sites is 1. The number of aromatic nitrogens is 2. The van der Waals surface area contributed by atoms with Crippen molar-refractivity contribution < 1.29 is 9.53 Å². The number of benzene rings is 2. The van der Waals surface area contributed by atoms with Crippen molar-refractivity contribution in [3.8, 4) is 0 Å². The lowest BCUT2D eigenvalue weighted by molar-refractivity contribution is -0.140. The van der Waals surface area contributed by atoms with Gasteiger partial charge in [0, 0.05) is 34.9 Å². The SMILES string of the molecule is CC(=O)OCCc1cn(Cc2nc3ccccc3s2)c2cc(Br)ccc12. The Bertz CT molecular complexity index is 1070. The molecule has 2 aromatic carbocycles. The monoisotopic (exact) mass is 428 g/mol. The van der Waals surface area contributed by atoms with E-state index in [1.165, 1.54) is 22.6 Å². The standard InChI is InChI=1S/C20H17BrN2O2S/c1-13(24)25-9-8-14-11-23(18-10-15(21)6-7-16(14)18)12-20-22-17-4-2-3-5-19(17)26-20/h2-7,10-11H,8-9,12H2,1H3. The van der Waals surface area contributed by atoms with E-state index in [1.54, 1.807) is 11.3 Å². The van der Waals surface area contributed by atoms with Crippen LogP contribution in [0, 0.1) is 0 Å². The van der Waals surface area contributed by atoms with Gasteiger partial charge in [-0.05, 0) is 29.8 Å². The van der Waals surface area contributed by atoms with Crippen molar-refractivity contribution in [2.45, 2.75) is 19.9 Å². The Morgan fingerprint density at radius 3 is 2.92 bits per heavy atom. The quantitative estimate of drug-likeness (QED) is 0.412. The molecule has 26 heavy (non-hydrogen) atoms. The molecular formula is C20H17BrN2O2S. The third-order valence-electron chi connectivity index (χ3n) is 4.25. The largest absolute Gasteiger partial charge is 0.466 e. The van der Waals surface area contributed by atoms with Crippen LogP contribution in [0.3, 0.4) is 0 Å². The van der Waals surface area contributed by atoms with Gasteiger partial charge in [-0.2, -0.15) is 0 Å². The van der Waals surface area contributed by atoms with Crippen molar-refractivity contribution >= 4 is 54.4 Å². The Morgan fingerprint density at radius 1 is 1.27 bits per heavy atom. The fraction of sp³-hybridized carbons (Fsp3) is 0.200. The van der Waals surface area contributed by atoms with Crippen LogP contribution in [0.25, 0.3) is 21.1 Å². The normalized spacial score (nSPS) is 11.3. The maximum atomic E-state index is 11.0. The number of ether oxygens (including phenoxy) is 1. The number of esters is 1. The molecule has 0 saturated heterocycles. The summed E-state index contributed by atoms with van der Waals surface area (Å²) in [6, 6.07) is 14.5. The lowest BCUT2D eigenvalue weighted by Crippen LogP contribution is -2.03. The summed E-state index contributed by atoms with van der Waals surface area (Å²) in [5, 5.41) is 2.26. The second-order valence-electron chi connectivity index (χ2n) is 6.11. The Kier molecular flexibility index (Phi) is 4.78. The zero-order valence-electron chi connectivity index (χ0n) is 14.2. The summed E-state index contributed by atoms with van der Waals surface area (Å²) in [4.78, 5) is 15.8. The molecule has 0 spiro atoms. The van der Waals surface area contributed by atoms with Crippen LogP contribution in [0.15, 0.2) is 53.1 Å². The average molecular weight is 429 g/mol. The maximum absolute atomic E-state index is 11.0. The van der Waals surface area contributed by atoms with E-state index in [1.807, 2.05) is 24.3 Å². The molecule has 0 aliphatic heterocycles. The number of rotatable bonds is 5. The molecule has 0 unspecified atom stereocenters. The molecule has 0 amide bonds. The Balaban J connectivity index is 1.69. The van der Waals surface area contributed by atoms with Gasteiger partial charge in [-0.15, -0.1) is 11.3 Å². The fourth-order valence-corrected chi connectivity index (χ4v) is 4.42. The highest BCUT2D eigenvalue weighted by Gasteiger charge is 2.12. The molecule has 4 rings (SSSR count). The molecule has 132 valence electrons. The van der Waals surface area contributed by atoms with Crippen LogP contribution in [0.5, 0.6) is 0 Å². The number of hydrogen-bond acceptors (Lipinski definition) is 4. The van der Waals surface area contributed by atoms with Crippen molar-refractivity contribution in [1.29, 1.82) is 0 Å². The first-order chi connectivity index (χ1) is 12.6. The summed E-state index contributed by atoms with van der Waals surface area (Å²) >= 11 is 5.29. The molecule has 0 aliphatic rings. The molecule has 0 aliphatic carbocycles. The van der Waals surface area contributed by atoms with Gasteiger partial charge in [-0.3, -0.25) is 4.79 Å². The molecular weight excluding hydrogens is 412 g/mol.